The second-order valence-corrected chi connectivity index (χ2v) is 9.40. The average molecular weight is 551 g/mol. The van der Waals surface area contributed by atoms with Crippen LogP contribution in [0.4, 0.5) is 0 Å². The van der Waals surface area contributed by atoms with Gasteiger partial charge in [0.1, 0.15) is 0 Å². The minimum absolute atomic E-state index is 0. The van der Waals surface area contributed by atoms with Crippen LogP contribution in [0.15, 0.2) is 127 Å². The molecule has 7 aromatic carbocycles. The first-order chi connectivity index (χ1) is 17.3. The second kappa shape index (κ2) is 9.03. The molecule has 7 rings (SSSR count). The van der Waals surface area contributed by atoms with Crippen molar-refractivity contribution in [2.75, 3.05) is 0 Å². The monoisotopic (exact) mass is 550 g/mol. The molecule has 0 aliphatic rings. The molecule has 0 aliphatic carbocycles. The van der Waals surface area contributed by atoms with Gasteiger partial charge in [0.15, 0.2) is 0 Å². The van der Waals surface area contributed by atoms with Crippen molar-refractivity contribution in [3.63, 3.8) is 0 Å². The Bertz CT molecular complexity index is 1900. The van der Waals surface area contributed by atoms with Gasteiger partial charge in [-0.1, -0.05) is 133 Å². The molecule has 36 heavy (non-hydrogen) atoms. The van der Waals surface area contributed by atoms with Crippen LogP contribution in [0.3, 0.4) is 0 Å². The molecule has 174 valence electrons. The van der Waals surface area contributed by atoms with Gasteiger partial charge in [-0.2, -0.15) is 0 Å². The Morgan fingerprint density at radius 3 is 1.33 bits per heavy atom. The van der Waals surface area contributed by atoms with E-state index in [1.165, 1.54) is 70.9 Å². The van der Waals surface area contributed by atoms with Crippen LogP contribution in [0, 0.1) is 6.92 Å². The molecule has 0 N–H and O–H groups in total. The van der Waals surface area contributed by atoms with Crippen molar-refractivity contribution in [1.29, 1.82) is 0 Å². The van der Waals surface area contributed by atoms with Crippen molar-refractivity contribution in [2.24, 2.45) is 0 Å². The van der Waals surface area contributed by atoms with Crippen LogP contribution in [0.2, 0.25) is 0 Å². The molecule has 0 spiro atoms. The van der Waals surface area contributed by atoms with Crippen LogP contribution >= 0.6 is 0 Å². The quantitative estimate of drug-likeness (QED) is 0.148. The van der Waals surface area contributed by atoms with Crippen LogP contribution in [-0.2, 0) is 20.4 Å². The summed E-state index contributed by atoms with van der Waals surface area (Å²) in [5, 5.41) is 10.3. The second-order valence-electron chi connectivity index (χ2n) is 9.40. The maximum Gasteiger partial charge on any atom is 0 e. The molecular weight excluding hydrogens is 527 g/mol. The summed E-state index contributed by atoms with van der Waals surface area (Å²) in [4.78, 5) is 0. The molecule has 0 unspecified atom stereocenters. The summed E-state index contributed by atoms with van der Waals surface area (Å²) in [6.07, 6.45) is 0. The van der Waals surface area contributed by atoms with E-state index in [2.05, 4.69) is 134 Å². The minimum atomic E-state index is 0. The van der Waals surface area contributed by atoms with E-state index in [1.807, 2.05) is 0 Å². The number of aryl methyl sites for hydroxylation is 1. The molecule has 0 heterocycles. The van der Waals surface area contributed by atoms with E-state index in [0.717, 1.165) is 0 Å². The van der Waals surface area contributed by atoms with E-state index in [9.17, 15) is 0 Å². The predicted molar refractivity (Wildman–Crippen MR) is 152 cm³/mol. The third-order valence-corrected chi connectivity index (χ3v) is 7.30. The van der Waals surface area contributed by atoms with Gasteiger partial charge in [-0.3, -0.25) is 0 Å². The fourth-order valence-electron chi connectivity index (χ4n) is 5.76. The summed E-state index contributed by atoms with van der Waals surface area (Å²) in [6, 6.07) is 46.7. The molecule has 0 amide bonds. The Balaban J connectivity index is 0.00000240. The maximum absolute atomic E-state index is 2.37. The van der Waals surface area contributed by atoms with Crippen LogP contribution in [-0.4, -0.2) is 0 Å². The van der Waals surface area contributed by atoms with Gasteiger partial charge >= 0.3 is 0 Å². The van der Waals surface area contributed by atoms with E-state index < -0.39 is 0 Å². The summed E-state index contributed by atoms with van der Waals surface area (Å²) in [5.74, 6) is 0. The van der Waals surface area contributed by atoms with Crippen molar-refractivity contribution in [3.8, 4) is 22.3 Å². The van der Waals surface area contributed by atoms with Gasteiger partial charge in [0.25, 0.3) is 0 Å². The topological polar surface area (TPSA) is 0 Å². The van der Waals surface area contributed by atoms with Crippen molar-refractivity contribution >= 4 is 43.1 Å². The Kier molecular flexibility index (Phi) is 5.69. The van der Waals surface area contributed by atoms with E-state index >= 15 is 0 Å². The largest absolute Gasteiger partial charge is 0.0616 e. The fraction of sp³-hybridized carbons (Fsp3) is 0.0286. The zero-order chi connectivity index (χ0) is 23.4. The SMILES string of the molecule is Cc1ccc2c(-c3cccc4ccccc34)c3ccccc3c(-c3cccc4ccccc34)c2c1.[Pd]. The van der Waals surface area contributed by atoms with Crippen molar-refractivity contribution in [2.45, 2.75) is 6.92 Å². The maximum atomic E-state index is 2.37. The smallest absolute Gasteiger partial charge is 0 e. The first-order valence-electron chi connectivity index (χ1n) is 12.2. The summed E-state index contributed by atoms with van der Waals surface area (Å²) in [6.45, 7) is 2.19. The Labute approximate surface area is 224 Å². The van der Waals surface area contributed by atoms with Crippen molar-refractivity contribution < 1.29 is 20.4 Å². The van der Waals surface area contributed by atoms with Crippen LogP contribution in [0.1, 0.15) is 5.56 Å². The Hall–Kier alpha value is -3.76. The molecule has 0 aromatic heterocycles. The molecule has 0 aliphatic heterocycles. The van der Waals surface area contributed by atoms with E-state index in [0.29, 0.717) is 0 Å². The van der Waals surface area contributed by atoms with Crippen molar-refractivity contribution in [1.82, 2.24) is 0 Å². The van der Waals surface area contributed by atoms with E-state index in [1.54, 1.807) is 0 Å². The third-order valence-electron chi connectivity index (χ3n) is 7.30. The Morgan fingerprint density at radius 2 is 0.778 bits per heavy atom. The molecule has 0 bridgehead atoms. The molecular formula is C35H24Pd. The number of benzene rings is 7. The summed E-state index contributed by atoms with van der Waals surface area (Å²) >= 11 is 0. The number of hydrogen-bond acceptors (Lipinski definition) is 0. The van der Waals surface area contributed by atoms with Crippen LogP contribution in [0.5, 0.6) is 0 Å². The zero-order valence-electron chi connectivity index (χ0n) is 19.9. The van der Waals surface area contributed by atoms with Gasteiger partial charge in [0, 0.05) is 20.4 Å². The fourth-order valence-corrected chi connectivity index (χ4v) is 5.76. The molecule has 0 fully saturated rings. The molecule has 0 atom stereocenters. The van der Waals surface area contributed by atoms with E-state index in [4.69, 9.17) is 0 Å². The number of fused-ring (bicyclic) bond motifs is 4. The van der Waals surface area contributed by atoms with Gasteiger partial charge in [0.2, 0.25) is 0 Å². The number of rotatable bonds is 2. The van der Waals surface area contributed by atoms with Crippen LogP contribution in [0.25, 0.3) is 65.3 Å². The molecule has 7 aromatic rings. The Morgan fingerprint density at radius 1 is 0.361 bits per heavy atom. The molecule has 1 heteroatoms. The summed E-state index contributed by atoms with van der Waals surface area (Å²) in [5.41, 5.74) is 6.49. The van der Waals surface area contributed by atoms with Gasteiger partial charge in [-0.15, -0.1) is 0 Å². The molecule has 0 saturated heterocycles. The average Bonchev–Trinajstić information content (AvgIpc) is 2.91. The molecule has 0 nitrogen and oxygen atoms in total. The van der Waals surface area contributed by atoms with Crippen LogP contribution < -0.4 is 0 Å². The molecule has 0 saturated carbocycles. The van der Waals surface area contributed by atoms with Crippen molar-refractivity contribution in [3.05, 3.63) is 133 Å². The normalized spacial score (nSPS) is 11.2. The first kappa shape index (κ1) is 22.7. The predicted octanol–water partition coefficient (Wildman–Crippen LogP) is 9.94. The van der Waals surface area contributed by atoms with Gasteiger partial charge in [-0.25, -0.2) is 0 Å². The first-order valence-corrected chi connectivity index (χ1v) is 12.2. The van der Waals surface area contributed by atoms with Gasteiger partial charge in [-0.05, 0) is 72.3 Å². The van der Waals surface area contributed by atoms with E-state index in [-0.39, 0.29) is 20.4 Å². The standard InChI is InChI=1S/C35H24.Pd/c1-23-20-21-32-33(22-23)35(29-19-9-13-25-11-3-5-15-27(25)29)31-17-7-6-16-30(31)34(32)28-18-8-12-24-10-2-4-14-26(24)28;/h2-22H,1H3;. The summed E-state index contributed by atoms with van der Waals surface area (Å²) < 4.78 is 0. The van der Waals surface area contributed by atoms with Gasteiger partial charge in [0.05, 0.1) is 0 Å². The minimum Gasteiger partial charge on any atom is -0.0616 e. The number of hydrogen-bond donors (Lipinski definition) is 0. The molecule has 0 radical (unpaired) electrons. The third kappa shape index (κ3) is 3.48. The van der Waals surface area contributed by atoms with Gasteiger partial charge < -0.3 is 0 Å². The summed E-state index contributed by atoms with van der Waals surface area (Å²) in [7, 11) is 0. The zero-order valence-corrected chi connectivity index (χ0v) is 21.5.